The van der Waals surface area contributed by atoms with Crippen LogP contribution >= 0.6 is 0 Å². The molecule has 0 saturated carbocycles. The van der Waals surface area contributed by atoms with Crippen LogP contribution in [0.1, 0.15) is 37.4 Å². The molecule has 3 heterocycles. The second-order valence-corrected chi connectivity index (χ2v) is 7.17. The van der Waals surface area contributed by atoms with E-state index in [1.807, 2.05) is 25.3 Å². The first-order chi connectivity index (χ1) is 12.5. The van der Waals surface area contributed by atoms with E-state index in [4.69, 9.17) is 10.7 Å². The lowest BCUT2D eigenvalue weighted by molar-refractivity contribution is 0.581. The van der Waals surface area contributed by atoms with Gasteiger partial charge in [-0.3, -0.25) is 4.40 Å². The van der Waals surface area contributed by atoms with Crippen molar-refractivity contribution >= 4 is 5.65 Å². The summed E-state index contributed by atoms with van der Waals surface area (Å²) in [6.07, 6.45) is 11.5. The number of nitrogens with two attached hydrogens (primary N) is 1. The van der Waals surface area contributed by atoms with Crippen LogP contribution in [0.4, 0.5) is 0 Å². The molecule has 0 aliphatic heterocycles. The fraction of sp³-hybridized carbons (Fsp3) is 0.286. The standard InChI is InChI=1S/C21H23N5/c1-14-4-8-21(3,9-5-14)20-19(17-6-10-23-15(2)24-17)26-11-7-16(13-22)12-18(26)25-20/h4-8,10-12H,9,13,22H2,1-3H3. The Balaban J connectivity index is 1.99. The predicted molar refractivity (Wildman–Crippen MR) is 104 cm³/mol. The van der Waals surface area contributed by atoms with E-state index in [1.54, 1.807) is 6.20 Å². The zero-order valence-electron chi connectivity index (χ0n) is 15.4. The van der Waals surface area contributed by atoms with Gasteiger partial charge >= 0.3 is 0 Å². The van der Waals surface area contributed by atoms with Gasteiger partial charge in [0.05, 0.1) is 17.1 Å². The quantitative estimate of drug-likeness (QED) is 0.785. The first-order valence-electron chi connectivity index (χ1n) is 8.88. The fourth-order valence-corrected chi connectivity index (χ4v) is 3.44. The minimum absolute atomic E-state index is 0.178. The Morgan fingerprint density at radius 1 is 1.23 bits per heavy atom. The highest BCUT2D eigenvalue weighted by Crippen LogP contribution is 2.39. The van der Waals surface area contributed by atoms with Gasteiger partial charge < -0.3 is 5.73 Å². The summed E-state index contributed by atoms with van der Waals surface area (Å²) in [5.74, 6) is 0.752. The third kappa shape index (κ3) is 2.74. The molecule has 0 amide bonds. The summed E-state index contributed by atoms with van der Waals surface area (Å²) in [5.41, 5.74) is 11.8. The van der Waals surface area contributed by atoms with E-state index in [-0.39, 0.29) is 5.41 Å². The maximum absolute atomic E-state index is 5.82. The number of fused-ring (bicyclic) bond motifs is 1. The first kappa shape index (κ1) is 16.7. The Morgan fingerprint density at radius 3 is 2.77 bits per heavy atom. The van der Waals surface area contributed by atoms with Gasteiger partial charge in [0, 0.05) is 24.4 Å². The number of nitrogens with zero attached hydrogens (tertiary/aromatic N) is 4. The van der Waals surface area contributed by atoms with Crippen LogP contribution in [0, 0.1) is 6.92 Å². The highest BCUT2D eigenvalue weighted by atomic mass is 15.0. The van der Waals surface area contributed by atoms with Gasteiger partial charge in [0.1, 0.15) is 11.5 Å². The average Bonchev–Trinajstić information content (AvgIpc) is 3.03. The van der Waals surface area contributed by atoms with Gasteiger partial charge in [0.2, 0.25) is 0 Å². The SMILES string of the molecule is CC1=CCC(C)(c2nc3cc(CN)ccn3c2-c2ccnc(C)n2)C=C1. The van der Waals surface area contributed by atoms with Gasteiger partial charge in [0.25, 0.3) is 0 Å². The zero-order chi connectivity index (χ0) is 18.3. The van der Waals surface area contributed by atoms with E-state index in [0.717, 1.165) is 40.5 Å². The van der Waals surface area contributed by atoms with Crippen LogP contribution in [0.25, 0.3) is 17.0 Å². The van der Waals surface area contributed by atoms with Gasteiger partial charge in [-0.2, -0.15) is 0 Å². The molecule has 1 atom stereocenters. The number of aryl methyl sites for hydroxylation is 1. The molecule has 0 spiro atoms. The lowest BCUT2D eigenvalue weighted by Crippen LogP contribution is -2.22. The van der Waals surface area contributed by atoms with Gasteiger partial charge in [-0.05, 0) is 44.0 Å². The molecule has 0 bridgehead atoms. The van der Waals surface area contributed by atoms with Gasteiger partial charge in [-0.25, -0.2) is 15.0 Å². The third-order valence-corrected chi connectivity index (χ3v) is 5.05. The van der Waals surface area contributed by atoms with E-state index in [2.05, 4.69) is 52.5 Å². The molecule has 0 aromatic carbocycles. The average molecular weight is 345 g/mol. The van der Waals surface area contributed by atoms with Crippen LogP contribution in [-0.4, -0.2) is 19.4 Å². The van der Waals surface area contributed by atoms with Crippen molar-refractivity contribution < 1.29 is 0 Å². The van der Waals surface area contributed by atoms with E-state index >= 15 is 0 Å². The number of hydrogen-bond donors (Lipinski definition) is 1. The third-order valence-electron chi connectivity index (χ3n) is 5.05. The summed E-state index contributed by atoms with van der Waals surface area (Å²) in [6.45, 7) is 6.77. The molecule has 0 saturated heterocycles. The van der Waals surface area contributed by atoms with E-state index in [1.165, 1.54) is 5.57 Å². The minimum Gasteiger partial charge on any atom is -0.326 e. The lowest BCUT2D eigenvalue weighted by Gasteiger charge is -2.27. The van der Waals surface area contributed by atoms with Crippen molar-refractivity contribution in [3.8, 4) is 11.4 Å². The second kappa shape index (κ2) is 6.18. The summed E-state index contributed by atoms with van der Waals surface area (Å²) < 4.78 is 2.11. The Kier molecular flexibility index (Phi) is 3.96. The largest absolute Gasteiger partial charge is 0.326 e. The molecule has 2 N–H and O–H groups in total. The van der Waals surface area contributed by atoms with Crippen LogP contribution in [0.3, 0.4) is 0 Å². The van der Waals surface area contributed by atoms with Gasteiger partial charge in [-0.1, -0.05) is 30.7 Å². The van der Waals surface area contributed by atoms with Crippen LogP contribution in [0.5, 0.6) is 0 Å². The highest BCUT2D eigenvalue weighted by molar-refractivity contribution is 5.67. The maximum atomic E-state index is 5.82. The molecule has 5 heteroatoms. The van der Waals surface area contributed by atoms with Crippen LogP contribution in [0.2, 0.25) is 0 Å². The number of hydrogen-bond acceptors (Lipinski definition) is 4. The number of allylic oxidation sites excluding steroid dienone is 4. The predicted octanol–water partition coefficient (Wildman–Crippen LogP) is 3.72. The molecular weight excluding hydrogens is 322 g/mol. The van der Waals surface area contributed by atoms with Crippen molar-refractivity contribution in [2.75, 3.05) is 0 Å². The van der Waals surface area contributed by atoms with Crippen LogP contribution in [-0.2, 0) is 12.0 Å². The topological polar surface area (TPSA) is 69.1 Å². The molecule has 26 heavy (non-hydrogen) atoms. The van der Waals surface area contributed by atoms with Crippen molar-refractivity contribution in [3.63, 3.8) is 0 Å². The first-order valence-corrected chi connectivity index (χ1v) is 8.88. The van der Waals surface area contributed by atoms with Crippen molar-refractivity contribution in [2.24, 2.45) is 5.73 Å². The summed E-state index contributed by atoms with van der Waals surface area (Å²) in [6, 6.07) is 6.05. The van der Waals surface area contributed by atoms with Gasteiger partial charge in [-0.15, -0.1) is 0 Å². The Bertz CT molecular complexity index is 1040. The molecule has 0 fully saturated rings. The molecule has 1 aliphatic rings. The Labute approximate surface area is 153 Å². The van der Waals surface area contributed by atoms with Gasteiger partial charge in [0.15, 0.2) is 0 Å². The fourth-order valence-electron chi connectivity index (χ4n) is 3.44. The minimum atomic E-state index is -0.178. The summed E-state index contributed by atoms with van der Waals surface area (Å²) in [5, 5.41) is 0. The molecule has 1 unspecified atom stereocenters. The van der Waals surface area contributed by atoms with E-state index in [9.17, 15) is 0 Å². The summed E-state index contributed by atoms with van der Waals surface area (Å²) >= 11 is 0. The summed E-state index contributed by atoms with van der Waals surface area (Å²) in [4.78, 5) is 13.9. The molecule has 1 aliphatic carbocycles. The Morgan fingerprint density at radius 2 is 2.08 bits per heavy atom. The lowest BCUT2D eigenvalue weighted by atomic mass is 9.78. The van der Waals surface area contributed by atoms with Crippen molar-refractivity contribution in [2.45, 2.75) is 39.2 Å². The molecular formula is C21H23N5. The van der Waals surface area contributed by atoms with Crippen molar-refractivity contribution in [1.29, 1.82) is 0 Å². The Hall–Kier alpha value is -2.79. The zero-order valence-corrected chi connectivity index (χ0v) is 15.4. The van der Waals surface area contributed by atoms with Crippen LogP contribution in [0.15, 0.2) is 54.4 Å². The number of aromatic nitrogens is 4. The van der Waals surface area contributed by atoms with E-state index in [0.29, 0.717) is 6.54 Å². The monoisotopic (exact) mass is 345 g/mol. The second-order valence-electron chi connectivity index (χ2n) is 7.17. The molecule has 4 rings (SSSR count). The molecule has 3 aromatic rings. The maximum Gasteiger partial charge on any atom is 0.137 e. The normalized spacial score (nSPS) is 19.8. The molecule has 5 nitrogen and oxygen atoms in total. The number of imidazole rings is 1. The molecule has 3 aromatic heterocycles. The molecule has 0 radical (unpaired) electrons. The smallest absolute Gasteiger partial charge is 0.137 e. The van der Waals surface area contributed by atoms with Crippen LogP contribution < -0.4 is 5.73 Å². The summed E-state index contributed by atoms with van der Waals surface area (Å²) in [7, 11) is 0. The highest BCUT2D eigenvalue weighted by Gasteiger charge is 2.32. The van der Waals surface area contributed by atoms with E-state index < -0.39 is 0 Å². The molecule has 132 valence electrons. The number of rotatable bonds is 3. The number of pyridine rings is 1. The van der Waals surface area contributed by atoms with Crippen molar-refractivity contribution in [1.82, 2.24) is 19.4 Å². The van der Waals surface area contributed by atoms with Crippen molar-refractivity contribution in [3.05, 3.63) is 71.5 Å².